The van der Waals surface area contributed by atoms with Crippen LogP contribution in [0.1, 0.15) is 90.9 Å². The highest BCUT2D eigenvalue weighted by Crippen LogP contribution is 2.62. The van der Waals surface area contributed by atoms with Crippen molar-refractivity contribution in [1.29, 1.82) is 0 Å². The first-order valence-corrected chi connectivity index (χ1v) is 31.1. The number of carbonyl (C=O) groups excluding carboxylic acids is 1. The van der Waals surface area contributed by atoms with Gasteiger partial charge in [-0.25, -0.2) is 4.79 Å². The molecule has 2 saturated heterocycles. The monoisotopic (exact) mass is 1170 g/mol. The fourth-order valence-electron chi connectivity index (χ4n) is 13.9. The molecule has 468 valence electrons. The maximum atomic E-state index is 12.1. The van der Waals surface area contributed by atoms with Crippen molar-refractivity contribution in [2.24, 2.45) is 11.8 Å². The second-order valence-corrected chi connectivity index (χ2v) is 23.0. The minimum atomic E-state index is -0.539. The molecule has 8 atom stereocenters. The van der Waals surface area contributed by atoms with Crippen molar-refractivity contribution in [3.8, 4) is 17.2 Å². The highest BCUT2D eigenvalue weighted by Gasteiger charge is 2.64. The average Bonchev–Trinajstić information content (AvgIpc) is 1.50. The lowest BCUT2D eigenvalue weighted by Gasteiger charge is -2.58. The number of ether oxygens (including phenoxy) is 13. The minimum Gasteiger partial charge on any atom is -0.497 e. The molecule has 18 heteroatoms. The molecule has 10 rings (SSSR count). The molecule has 2 N–H and O–H groups in total. The molecule has 84 heavy (non-hydrogen) atoms. The van der Waals surface area contributed by atoms with Crippen LogP contribution in [0, 0.1) is 11.8 Å². The Morgan fingerprint density at radius 1 is 0.643 bits per heavy atom. The number of aliphatic hydroxyl groups excluding tert-OH is 1. The van der Waals surface area contributed by atoms with Crippen LogP contribution < -0.4 is 19.5 Å². The first-order chi connectivity index (χ1) is 41.2. The highest BCUT2D eigenvalue weighted by molar-refractivity contribution is 5.89. The number of piperidine rings is 2. The molecule has 7 aliphatic rings. The van der Waals surface area contributed by atoms with Gasteiger partial charge in [-0.1, -0.05) is 50.5 Å². The Labute approximate surface area is 500 Å². The third kappa shape index (κ3) is 16.8. The number of unbranched alkanes of at least 4 members (excludes halogenated alkanes) is 1. The molecule has 3 fully saturated rings. The lowest BCUT2D eigenvalue weighted by Crippen LogP contribution is -2.64. The van der Waals surface area contributed by atoms with E-state index in [1.54, 1.807) is 44.6 Å². The number of anilines is 1. The molecule has 0 amide bonds. The van der Waals surface area contributed by atoms with E-state index >= 15 is 0 Å². The van der Waals surface area contributed by atoms with E-state index < -0.39 is 6.10 Å². The number of likely N-dealkylation sites (N-methyl/N-ethyl adjacent to an activating group) is 2. The topological polar surface area (TPSA) is 176 Å². The summed E-state index contributed by atoms with van der Waals surface area (Å²) in [7, 11) is 9.67. The van der Waals surface area contributed by atoms with Crippen LogP contribution in [0.25, 0.3) is 0 Å². The van der Waals surface area contributed by atoms with Crippen molar-refractivity contribution in [3.05, 3.63) is 94.6 Å². The van der Waals surface area contributed by atoms with Crippen LogP contribution in [0.3, 0.4) is 0 Å². The molecule has 4 aliphatic carbocycles. The van der Waals surface area contributed by atoms with Gasteiger partial charge in [-0.2, -0.15) is 0 Å². The van der Waals surface area contributed by atoms with Crippen LogP contribution in [0.15, 0.2) is 66.7 Å². The van der Waals surface area contributed by atoms with Crippen LogP contribution in [0.4, 0.5) is 5.69 Å². The van der Waals surface area contributed by atoms with Crippen LogP contribution in [0.2, 0.25) is 0 Å². The number of likely N-dealkylation sites (tertiary alicyclic amines) is 2. The molecule has 3 aliphatic heterocycles. The maximum absolute atomic E-state index is 12.1. The molecular formula is C66H99N3O15. The van der Waals surface area contributed by atoms with Crippen molar-refractivity contribution in [1.82, 2.24) is 9.80 Å². The van der Waals surface area contributed by atoms with E-state index in [1.165, 1.54) is 56.2 Å². The van der Waals surface area contributed by atoms with Gasteiger partial charge in [0.1, 0.15) is 24.6 Å². The summed E-state index contributed by atoms with van der Waals surface area (Å²) in [5, 5.41) is 13.9. The number of methoxy groups -OCH3 is 3. The molecule has 18 nitrogen and oxygen atoms in total. The SMILES string of the molecule is CCCCNc1ccc(C(=O)OCCOCCOCCOCCOCCOCCOCCOCCOCCOC)cc1.COc1ccc2c(c1)[C@]13CCCC[C@@H]1[C@H](C2)N(C)CC3.COc1ccc2c3c1O[C@H]1[C@@H](O)C=C[C@H]4[C@@H](C2)N(C)CC[C@@]341. The maximum Gasteiger partial charge on any atom is 0.338 e. The number of hydrogen-bond acceptors (Lipinski definition) is 18. The normalized spacial score (nSPS) is 24.9. The number of carbonyl (C=O) groups is 1. The third-order valence-corrected chi connectivity index (χ3v) is 18.2. The molecule has 0 unspecified atom stereocenters. The van der Waals surface area contributed by atoms with Crippen molar-refractivity contribution in [2.75, 3.05) is 179 Å². The third-order valence-electron chi connectivity index (χ3n) is 18.2. The quantitative estimate of drug-likeness (QED) is 0.0337. The molecule has 1 saturated carbocycles. The molecule has 0 aromatic heterocycles. The van der Waals surface area contributed by atoms with Gasteiger partial charge in [-0.05, 0) is 137 Å². The zero-order valence-electron chi connectivity index (χ0n) is 51.3. The zero-order chi connectivity index (χ0) is 59.0. The smallest absolute Gasteiger partial charge is 0.338 e. The summed E-state index contributed by atoms with van der Waals surface area (Å²) in [6, 6.07) is 19.6. The van der Waals surface area contributed by atoms with Gasteiger partial charge in [0.25, 0.3) is 0 Å². The Kier molecular flexibility index (Phi) is 26.7. The first kappa shape index (κ1) is 65.6. The summed E-state index contributed by atoms with van der Waals surface area (Å²) in [6.07, 6.45) is 16.0. The van der Waals surface area contributed by atoms with Crippen LogP contribution in [-0.4, -0.2) is 219 Å². The fraction of sp³-hybridized carbons (Fsp3) is 0.682. The average molecular weight is 1170 g/mol. The summed E-state index contributed by atoms with van der Waals surface area (Å²) in [6.45, 7) is 14.0. The number of aliphatic hydroxyl groups is 1. The van der Waals surface area contributed by atoms with Crippen molar-refractivity contribution >= 4 is 11.7 Å². The first-order valence-electron chi connectivity index (χ1n) is 31.1. The number of nitrogens with zero attached hydrogens (tertiary/aromatic N) is 2. The van der Waals surface area contributed by atoms with Crippen LogP contribution >= 0.6 is 0 Å². The van der Waals surface area contributed by atoms with E-state index in [0.717, 1.165) is 73.7 Å². The Bertz CT molecular complexity index is 2450. The summed E-state index contributed by atoms with van der Waals surface area (Å²) < 4.78 is 70.9. The molecular weight excluding hydrogens is 1070 g/mol. The molecule has 3 heterocycles. The number of rotatable bonds is 34. The minimum absolute atomic E-state index is 0.0806. The zero-order valence-corrected chi connectivity index (χ0v) is 51.3. The van der Waals surface area contributed by atoms with Gasteiger partial charge < -0.3 is 81.8 Å². The largest absolute Gasteiger partial charge is 0.497 e. The van der Waals surface area contributed by atoms with Gasteiger partial charge in [0, 0.05) is 53.7 Å². The number of fused-ring (bicyclic) bond motifs is 1. The Morgan fingerprint density at radius 2 is 1.21 bits per heavy atom. The second-order valence-electron chi connectivity index (χ2n) is 23.0. The van der Waals surface area contributed by atoms with Crippen LogP contribution in [-0.2, 0) is 71.0 Å². The lowest BCUT2D eigenvalue weighted by molar-refractivity contribution is -0.0453. The van der Waals surface area contributed by atoms with Gasteiger partial charge in [-0.15, -0.1) is 0 Å². The lowest BCUT2D eigenvalue weighted by atomic mass is 9.52. The fourth-order valence-corrected chi connectivity index (χ4v) is 13.9. The number of benzene rings is 3. The van der Waals surface area contributed by atoms with Gasteiger partial charge >= 0.3 is 5.97 Å². The van der Waals surface area contributed by atoms with Crippen molar-refractivity contribution < 1.29 is 71.5 Å². The summed E-state index contributed by atoms with van der Waals surface area (Å²) in [5.74, 6) is 3.64. The number of nitrogens with one attached hydrogen (secondary N) is 1. The molecule has 0 radical (unpaired) electrons. The van der Waals surface area contributed by atoms with Crippen LogP contribution in [0.5, 0.6) is 17.2 Å². The second kappa shape index (κ2) is 34.2. The van der Waals surface area contributed by atoms with Gasteiger partial charge in [0.15, 0.2) is 11.5 Å². The highest BCUT2D eigenvalue weighted by atomic mass is 16.6. The van der Waals surface area contributed by atoms with E-state index in [2.05, 4.69) is 66.5 Å². The number of hydrogen-bond donors (Lipinski definition) is 2. The molecule has 4 bridgehead atoms. The van der Waals surface area contributed by atoms with Gasteiger partial charge in [0.2, 0.25) is 0 Å². The molecule has 1 spiro atoms. The van der Waals surface area contributed by atoms with Crippen molar-refractivity contribution in [3.63, 3.8) is 0 Å². The predicted molar refractivity (Wildman–Crippen MR) is 322 cm³/mol. The van der Waals surface area contributed by atoms with E-state index in [4.69, 9.17) is 61.6 Å². The standard InChI is InChI=1S/C30H53NO11.C18H21NO3.C18H25NO/c1-3-4-9-31-29-7-5-28(6-8-29)30(32)42-27-26-41-25-24-40-23-22-39-21-20-38-19-18-37-17-16-36-15-14-35-13-12-34-11-10-33-2;1-19-8-7-18-11-4-5-13(20)17(18)22-16-14(21-2)6-3-10(15(16)18)9-12(11)19;1-19-10-9-18-8-4-3-5-15(18)17(19)11-13-6-7-14(20-2)12-16(13)18/h5-8,31H,3-4,9-27H2,1-2H3;3-6,11-13,17,20H,7-9H2,1-2H3;6-7,12,15,17H,3-5,8-11H2,1-2H3/t;11-,12+,13-,17-,18-;15-,17+,18+/m.01/s1. The van der Waals surface area contributed by atoms with E-state index in [1.807, 2.05) is 24.3 Å². The van der Waals surface area contributed by atoms with E-state index in [0.29, 0.717) is 135 Å². The van der Waals surface area contributed by atoms with Crippen molar-refractivity contribution in [2.45, 2.75) is 106 Å². The van der Waals surface area contributed by atoms with Gasteiger partial charge in [0.05, 0.1) is 132 Å². The Hall–Kier alpha value is -4.41. The molecule has 3 aromatic rings. The predicted octanol–water partition coefficient (Wildman–Crippen LogP) is 7.72. The van der Waals surface area contributed by atoms with E-state index in [9.17, 15) is 9.90 Å². The molecule has 3 aromatic carbocycles. The Balaban J connectivity index is 0.000000180. The van der Waals surface area contributed by atoms with Gasteiger partial charge in [-0.3, -0.25) is 0 Å². The summed E-state index contributed by atoms with van der Waals surface area (Å²) >= 11 is 0. The summed E-state index contributed by atoms with van der Waals surface area (Å²) in [5.41, 5.74) is 7.79. The Morgan fingerprint density at radius 3 is 1.81 bits per heavy atom. The number of esters is 1. The summed E-state index contributed by atoms with van der Waals surface area (Å²) in [4.78, 5) is 17.2. The van der Waals surface area contributed by atoms with E-state index in [-0.39, 0.29) is 24.1 Å².